The van der Waals surface area contributed by atoms with Gasteiger partial charge in [-0.15, -0.1) is 0 Å². The van der Waals surface area contributed by atoms with Crippen LogP contribution in [0.5, 0.6) is 11.5 Å². The predicted octanol–water partition coefficient (Wildman–Crippen LogP) is 5.01. The first-order chi connectivity index (χ1) is 14.6. The third kappa shape index (κ3) is 4.25. The highest BCUT2D eigenvalue weighted by atomic mass is 16.5. The van der Waals surface area contributed by atoms with Gasteiger partial charge in [0, 0.05) is 12.5 Å². The summed E-state index contributed by atoms with van der Waals surface area (Å²) in [5.74, 6) is 0.765. The van der Waals surface area contributed by atoms with E-state index in [4.69, 9.17) is 13.9 Å². The summed E-state index contributed by atoms with van der Waals surface area (Å²) >= 11 is 0. The normalized spacial score (nSPS) is 10.7. The third-order valence-electron chi connectivity index (χ3n) is 4.84. The molecule has 150 valence electrons. The lowest BCUT2D eigenvalue weighted by atomic mass is 10.1. The Kier molecular flexibility index (Phi) is 5.61. The first-order valence-electron chi connectivity index (χ1n) is 9.58. The zero-order chi connectivity index (χ0) is 20.9. The summed E-state index contributed by atoms with van der Waals surface area (Å²) in [4.78, 5) is 25.0. The fourth-order valence-electron chi connectivity index (χ4n) is 3.21. The van der Waals surface area contributed by atoms with E-state index < -0.39 is 0 Å². The van der Waals surface area contributed by atoms with E-state index in [2.05, 4.69) is 0 Å². The molecule has 0 N–H and O–H groups in total. The lowest BCUT2D eigenvalue weighted by Crippen LogP contribution is -2.09. The second kappa shape index (κ2) is 8.66. The van der Waals surface area contributed by atoms with Crippen LogP contribution in [0.25, 0.3) is 22.1 Å². The van der Waals surface area contributed by atoms with Crippen molar-refractivity contribution < 1.29 is 18.7 Å². The van der Waals surface area contributed by atoms with Crippen molar-refractivity contribution in [3.05, 3.63) is 94.8 Å². The summed E-state index contributed by atoms with van der Waals surface area (Å²) in [7, 11) is 1.61. The molecule has 0 unspecified atom stereocenters. The number of rotatable bonds is 6. The minimum Gasteiger partial charge on any atom is -0.497 e. The molecule has 0 amide bonds. The van der Waals surface area contributed by atoms with Crippen LogP contribution in [0.2, 0.25) is 0 Å². The van der Waals surface area contributed by atoms with Crippen LogP contribution in [0.4, 0.5) is 0 Å². The maximum atomic E-state index is 12.8. The Hall–Kier alpha value is -3.86. The number of carbonyl (C=O) groups excluding carboxylic acids is 1. The van der Waals surface area contributed by atoms with E-state index in [0.29, 0.717) is 28.7 Å². The van der Waals surface area contributed by atoms with Gasteiger partial charge in [0.05, 0.1) is 18.1 Å². The van der Waals surface area contributed by atoms with Gasteiger partial charge in [-0.3, -0.25) is 9.59 Å². The Morgan fingerprint density at radius 3 is 2.40 bits per heavy atom. The van der Waals surface area contributed by atoms with E-state index in [9.17, 15) is 9.59 Å². The Bertz CT molecular complexity index is 1220. The Morgan fingerprint density at radius 2 is 1.67 bits per heavy atom. The van der Waals surface area contributed by atoms with Crippen molar-refractivity contribution in [2.75, 3.05) is 7.11 Å². The van der Waals surface area contributed by atoms with E-state index in [1.165, 1.54) is 6.26 Å². The molecule has 5 nitrogen and oxygen atoms in total. The van der Waals surface area contributed by atoms with Crippen LogP contribution >= 0.6 is 0 Å². The van der Waals surface area contributed by atoms with Gasteiger partial charge >= 0.3 is 5.97 Å². The van der Waals surface area contributed by atoms with Crippen LogP contribution < -0.4 is 14.9 Å². The summed E-state index contributed by atoms with van der Waals surface area (Å²) in [6, 6.07) is 21.7. The minimum atomic E-state index is -0.353. The molecule has 0 atom stereocenters. The van der Waals surface area contributed by atoms with E-state index in [-0.39, 0.29) is 17.8 Å². The van der Waals surface area contributed by atoms with Crippen molar-refractivity contribution in [1.29, 1.82) is 0 Å². The van der Waals surface area contributed by atoms with Crippen molar-refractivity contribution in [2.45, 2.75) is 12.8 Å². The molecule has 5 heteroatoms. The Morgan fingerprint density at radius 1 is 0.933 bits per heavy atom. The van der Waals surface area contributed by atoms with Crippen LogP contribution in [0, 0.1) is 0 Å². The number of hydrogen-bond acceptors (Lipinski definition) is 5. The van der Waals surface area contributed by atoms with E-state index in [1.54, 1.807) is 25.3 Å². The van der Waals surface area contributed by atoms with Gasteiger partial charge in [0.25, 0.3) is 0 Å². The van der Waals surface area contributed by atoms with E-state index >= 15 is 0 Å². The first kappa shape index (κ1) is 19.5. The summed E-state index contributed by atoms with van der Waals surface area (Å²) < 4.78 is 16.2. The smallest absolute Gasteiger partial charge is 0.311 e. The average Bonchev–Trinajstić information content (AvgIpc) is 2.79. The zero-order valence-electron chi connectivity index (χ0n) is 16.5. The number of hydrogen-bond donors (Lipinski definition) is 0. The number of aryl methyl sites for hydroxylation is 1. The molecule has 0 aliphatic heterocycles. The largest absolute Gasteiger partial charge is 0.497 e. The summed E-state index contributed by atoms with van der Waals surface area (Å²) in [5, 5.41) is 0.439. The van der Waals surface area contributed by atoms with Gasteiger partial charge in [0.2, 0.25) is 0 Å². The quantitative estimate of drug-likeness (QED) is 0.336. The van der Waals surface area contributed by atoms with Crippen molar-refractivity contribution in [2.24, 2.45) is 0 Å². The molecule has 0 fully saturated rings. The third-order valence-corrected chi connectivity index (χ3v) is 4.84. The molecule has 0 saturated carbocycles. The molecule has 0 aliphatic rings. The van der Waals surface area contributed by atoms with Crippen LogP contribution in [0.3, 0.4) is 0 Å². The molecule has 0 saturated heterocycles. The molecule has 0 spiro atoms. The standard InChI is InChI=1S/C25H20O5/c1-28-19-10-7-17(8-11-19)9-14-24(26)30-20-12-13-21-23(15-20)29-16-22(25(21)27)18-5-3-2-4-6-18/h2-8,10-13,15-16H,9,14H2,1H3. The molecule has 30 heavy (non-hydrogen) atoms. The summed E-state index contributed by atoms with van der Waals surface area (Å²) in [6.45, 7) is 0. The molecule has 4 aromatic rings. The lowest BCUT2D eigenvalue weighted by Gasteiger charge is -2.07. The van der Waals surface area contributed by atoms with Crippen molar-refractivity contribution in [3.63, 3.8) is 0 Å². The fraction of sp³-hybridized carbons (Fsp3) is 0.120. The first-order valence-corrected chi connectivity index (χ1v) is 9.58. The number of ether oxygens (including phenoxy) is 2. The topological polar surface area (TPSA) is 65.7 Å². The second-order valence-corrected chi connectivity index (χ2v) is 6.82. The van der Waals surface area contributed by atoms with Crippen molar-refractivity contribution >= 4 is 16.9 Å². The monoisotopic (exact) mass is 400 g/mol. The van der Waals surface area contributed by atoms with E-state index in [0.717, 1.165) is 16.9 Å². The molecule has 1 heterocycles. The van der Waals surface area contributed by atoms with Gasteiger partial charge in [-0.2, -0.15) is 0 Å². The van der Waals surface area contributed by atoms with Crippen LogP contribution in [0.1, 0.15) is 12.0 Å². The van der Waals surface area contributed by atoms with Gasteiger partial charge in [-0.1, -0.05) is 42.5 Å². The van der Waals surface area contributed by atoms with Gasteiger partial charge in [0.1, 0.15) is 23.3 Å². The number of esters is 1. The van der Waals surface area contributed by atoms with Crippen molar-refractivity contribution in [3.8, 4) is 22.6 Å². The number of fused-ring (bicyclic) bond motifs is 1. The van der Waals surface area contributed by atoms with Gasteiger partial charge in [-0.05, 0) is 41.8 Å². The molecule has 3 aromatic carbocycles. The highest BCUT2D eigenvalue weighted by Gasteiger charge is 2.12. The molecular formula is C25H20O5. The number of methoxy groups -OCH3 is 1. The lowest BCUT2D eigenvalue weighted by molar-refractivity contribution is -0.134. The molecule has 0 radical (unpaired) electrons. The van der Waals surface area contributed by atoms with Crippen LogP contribution in [0.15, 0.2) is 88.3 Å². The Balaban J connectivity index is 1.46. The molecular weight excluding hydrogens is 380 g/mol. The molecule has 1 aromatic heterocycles. The molecule has 0 aliphatic carbocycles. The SMILES string of the molecule is COc1ccc(CCC(=O)Oc2ccc3c(=O)c(-c4ccccc4)coc3c2)cc1. The minimum absolute atomic E-state index is 0.125. The second-order valence-electron chi connectivity index (χ2n) is 6.82. The van der Waals surface area contributed by atoms with Gasteiger partial charge in [-0.25, -0.2) is 0 Å². The number of benzene rings is 3. The molecule has 4 rings (SSSR count). The number of carbonyl (C=O) groups is 1. The van der Waals surface area contributed by atoms with Gasteiger partial charge in [0.15, 0.2) is 5.43 Å². The summed E-state index contributed by atoms with van der Waals surface area (Å²) in [5.41, 5.74) is 2.56. The predicted molar refractivity (Wildman–Crippen MR) is 115 cm³/mol. The molecule has 0 bridgehead atoms. The highest BCUT2D eigenvalue weighted by Crippen LogP contribution is 2.23. The average molecular weight is 400 g/mol. The maximum Gasteiger partial charge on any atom is 0.311 e. The highest BCUT2D eigenvalue weighted by molar-refractivity contribution is 5.83. The Labute approximate surface area is 173 Å². The van der Waals surface area contributed by atoms with E-state index in [1.807, 2.05) is 54.6 Å². The van der Waals surface area contributed by atoms with Crippen LogP contribution in [-0.4, -0.2) is 13.1 Å². The summed E-state index contributed by atoms with van der Waals surface area (Å²) in [6.07, 6.45) is 2.24. The van der Waals surface area contributed by atoms with Gasteiger partial charge < -0.3 is 13.9 Å². The fourth-order valence-corrected chi connectivity index (χ4v) is 3.21. The zero-order valence-corrected chi connectivity index (χ0v) is 16.5. The van der Waals surface area contributed by atoms with Crippen molar-refractivity contribution in [1.82, 2.24) is 0 Å². The maximum absolute atomic E-state index is 12.8. The van der Waals surface area contributed by atoms with Crippen LogP contribution in [-0.2, 0) is 11.2 Å².